The molecule has 0 radical (unpaired) electrons. The fourth-order valence-corrected chi connectivity index (χ4v) is 2.26. The van der Waals surface area contributed by atoms with Crippen molar-refractivity contribution < 1.29 is 13.9 Å². The summed E-state index contributed by atoms with van der Waals surface area (Å²) in [6.45, 7) is 2.46. The molecule has 4 nitrogen and oxygen atoms in total. The van der Waals surface area contributed by atoms with Crippen LogP contribution in [-0.4, -0.2) is 50.2 Å². The Morgan fingerprint density at radius 2 is 2.42 bits per heavy atom. The van der Waals surface area contributed by atoms with Crippen molar-refractivity contribution in [2.45, 2.75) is 12.5 Å². The predicted octanol–water partition coefficient (Wildman–Crippen LogP) is 1.28. The summed E-state index contributed by atoms with van der Waals surface area (Å²) in [5.41, 5.74) is 0.399. The zero-order valence-corrected chi connectivity index (χ0v) is 11.1. The van der Waals surface area contributed by atoms with Crippen molar-refractivity contribution in [2.24, 2.45) is 0 Å². The molecule has 0 spiro atoms. The van der Waals surface area contributed by atoms with E-state index in [2.05, 4.69) is 5.32 Å². The van der Waals surface area contributed by atoms with Gasteiger partial charge in [-0.25, -0.2) is 4.39 Å². The number of nitrogens with zero attached hydrogens (tertiary/aromatic N) is 1. The molecule has 19 heavy (non-hydrogen) atoms. The highest BCUT2D eigenvalue weighted by molar-refractivity contribution is 5.94. The van der Waals surface area contributed by atoms with Crippen LogP contribution in [0, 0.1) is 5.82 Å². The number of amides is 1. The summed E-state index contributed by atoms with van der Waals surface area (Å²) in [7, 11) is 1.88. The summed E-state index contributed by atoms with van der Waals surface area (Å²) < 4.78 is 18.6. The number of rotatable bonds is 4. The molecule has 2 rings (SSSR count). The number of ether oxygens (including phenoxy) is 1. The molecular formula is C14H19FN2O2. The van der Waals surface area contributed by atoms with Gasteiger partial charge in [0, 0.05) is 12.1 Å². The molecule has 0 aliphatic carbocycles. The zero-order chi connectivity index (χ0) is 13.7. The van der Waals surface area contributed by atoms with Gasteiger partial charge in [0.2, 0.25) is 0 Å². The van der Waals surface area contributed by atoms with Crippen LogP contribution in [-0.2, 0) is 4.74 Å². The monoisotopic (exact) mass is 266 g/mol. The topological polar surface area (TPSA) is 41.6 Å². The van der Waals surface area contributed by atoms with E-state index in [0.29, 0.717) is 25.3 Å². The maximum absolute atomic E-state index is 13.2. The Morgan fingerprint density at radius 3 is 3.16 bits per heavy atom. The van der Waals surface area contributed by atoms with Crippen LogP contribution >= 0.6 is 0 Å². The fourth-order valence-electron chi connectivity index (χ4n) is 2.26. The summed E-state index contributed by atoms with van der Waals surface area (Å²) in [5, 5.41) is 3.07. The molecule has 1 aromatic rings. The Labute approximate surface area is 112 Å². The van der Waals surface area contributed by atoms with E-state index < -0.39 is 0 Å². The number of hydrogen-bond acceptors (Lipinski definition) is 3. The number of morpholine rings is 1. The van der Waals surface area contributed by atoms with Crippen molar-refractivity contribution in [3.05, 3.63) is 35.6 Å². The van der Waals surface area contributed by atoms with Gasteiger partial charge in [0.1, 0.15) is 5.82 Å². The lowest BCUT2D eigenvalue weighted by atomic mass is 10.1. The summed E-state index contributed by atoms with van der Waals surface area (Å²) in [4.78, 5) is 14.2. The molecular weight excluding hydrogens is 247 g/mol. The van der Waals surface area contributed by atoms with Gasteiger partial charge in [0.05, 0.1) is 19.3 Å². The van der Waals surface area contributed by atoms with Crippen LogP contribution in [0.15, 0.2) is 24.3 Å². The number of benzene rings is 1. The van der Waals surface area contributed by atoms with Gasteiger partial charge in [-0.05, 0) is 38.2 Å². The molecule has 1 amide bonds. The van der Waals surface area contributed by atoms with E-state index in [4.69, 9.17) is 4.74 Å². The lowest BCUT2D eigenvalue weighted by Crippen LogP contribution is -2.49. The highest BCUT2D eigenvalue weighted by Crippen LogP contribution is 2.15. The summed E-state index contributed by atoms with van der Waals surface area (Å²) >= 11 is 0. The van der Waals surface area contributed by atoms with E-state index in [0.717, 1.165) is 13.0 Å². The lowest BCUT2D eigenvalue weighted by molar-refractivity contribution is -0.00391. The van der Waals surface area contributed by atoms with Crippen LogP contribution in [0.3, 0.4) is 0 Å². The van der Waals surface area contributed by atoms with Crippen LogP contribution < -0.4 is 5.32 Å². The van der Waals surface area contributed by atoms with Crippen LogP contribution in [0.1, 0.15) is 16.8 Å². The van der Waals surface area contributed by atoms with Crippen LogP contribution in [0.25, 0.3) is 0 Å². The Bertz CT molecular complexity index is 439. The van der Waals surface area contributed by atoms with Gasteiger partial charge in [0.25, 0.3) is 5.91 Å². The molecule has 0 aromatic heterocycles. The lowest BCUT2D eigenvalue weighted by Gasteiger charge is -2.35. The van der Waals surface area contributed by atoms with Crippen molar-refractivity contribution >= 4 is 5.91 Å². The molecule has 104 valence electrons. The summed E-state index contributed by atoms with van der Waals surface area (Å²) in [6, 6.07) is 5.89. The van der Waals surface area contributed by atoms with Crippen molar-refractivity contribution in [3.8, 4) is 0 Å². The third kappa shape index (κ3) is 3.52. The molecule has 5 heteroatoms. The van der Waals surface area contributed by atoms with Crippen molar-refractivity contribution in [3.63, 3.8) is 0 Å². The first-order chi connectivity index (χ1) is 9.22. The third-order valence-electron chi connectivity index (χ3n) is 3.29. The normalized spacial score (nSPS) is 19.5. The largest absolute Gasteiger partial charge is 0.377 e. The SMILES string of the molecule is CNCCC1COCCN1C(=O)c1cccc(F)c1. The molecule has 1 fully saturated rings. The number of halogens is 1. The summed E-state index contributed by atoms with van der Waals surface area (Å²) in [6.07, 6.45) is 0.831. The van der Waals surface area contributed by atoms with Crippen LogP contribution in [0.4, 0.5) is 4.39 Å². The zero-order valence-electron chi connectivity index (χ0n) is 11.1. The Hall–Kier alpha value is -1.46. The minimum absolute atomic E-state index is 0.0527. The minimum atomic E-state index is -0.383. The van der Waals surface area contributed by atoms with E-state index in [1.165, 1.54) is 12.1 Å². The molecule has 1 saturated heterocycles. The van der Waals surface area contributed by atoms with E-state index in [9.17, 15) is 9.18 Å². The maximum Gasteiger partial charge on any atom is 0.254 e. The van der Waals surface area contributed by atoms with Gasteiger partial charge in [-0.2, -0.15) is 0 Å². The first kappa shape index (κ1) is 14.0. The molecule has 1 aromatic carbocycles. The molecule has 1 N–H and O–H groups in total. The quantitative estimate of drug-likeness (QED) is 0.892. The molecule has 1 atom stereocenters. The first-order valence-corrected chi connectivity index (χ1v) is 6.51. The maximum atomic E-state index is 13.2. The van der Waals surface area contributed by atoms with Gasteiger partial charge >= 0.3 is 0 Å². The standard InChI is InChI=1S/C14H19FN2O2/c1-16-6-5-13-10-19-8-7-17(13)14(18)11-3-2-4-12(15)9-11/h2-4,9,13,16H,5-8,10H2,1H3. The highest BCUT2D eigenvalue weighted by Gasteiger charge is 2.27. The van der Waals surface area contributed by atoms with E-state index >= 15 is 0 Å². The number of hydrogen-bond donors (Lipinski definition) is 1. The van der Waals surface area contributed by atoms with Crippen LogP contribution in [0.5, 0.6) is 0 Å². The molecule has 1 heterocycles. The van der Waals surface area contributed by atoms with Crippen LogP contribution in [0.2, 0.25) is 0 Å². The molecule has 1 aliphatic rings. The molecule has 1 unspecified atom stereocenters. The van der Waals surface area contributed by atoms with Gasteiger partial charge in [0.15, 0.2) is 0 Å². The van der Waals surface area contributed by atoms with Crippen molar-refractivity contribution in [1.29, 1.82) is 0 Å². The van der Waals surface area contributed by atoms with Gasteiger partial charge in [-0.3, -0.25) is 4.79 Å². The highest BCUT2D eigenvalue weighted by atomic mass is 19.1. The van der Waals surface area contributed by atoms with Crippen molar-refractivity contribution in [1.82, 2.24) is 10.2 Å². The average Bonchev–Trinajstić information content (AvgIpc) is 2.44. The molecule has 1 aliphatic heterocycles. The number of carbonyl (C=O) groups excluding carboxylic acids is 1. The average molecular weight is 266 g/mol. The van der Waals surface area contributed by atoms with Crippen molar-refractivity contribution in [2.75, 3.05) is 33.4 Å². The van der Waals surface area contributed by atoms with E-state index in [-0.39, 0.29) is 17.8 Å². The van der Waals surface area contributed by atoms with Gasteiger partial charge in [-0.1, -0.05) is 6.07 Å². The molecule has 0 bridgehead atoms. The predicted molar refractivity (Wildman–Crippen MR) is 70.6 cm³/mol. The smallest absolute Gasteiger partial charge is 0.254 e. The second-order valence-electron chi connectivity index (χ2n) is 4.63. The van der Waals surface area contributed by atoms with E-state index in [1.807, 2.05) is 7.05 Å². The Balaban J connectivity index is 2.10. The second-order valence-corrected chi connectivity index (χ2v) is 4.63. The fraction of sp³-hybridized carbons (Fsp3) is 0.500. The number of nitrogens with one attached hydrogen (secondary N) is 1. The summed E-state index contributed by atoms with van der Waals surface area (Å²) in [5.74, 6) is -0.505. The van der Waals surface area contributed by atoms with Gasteiger partial charge in [-0.15, -0.1) is 0 Å². The third-order valence-corrected chi connectivity index (χ3v) is 3.29. The Kier molecular flexibility index (Phi) is 4.87. The number of carbonyl (C=O) groups is 1. The minimum Gasteiger partial charge on any atom is -0.377 e. The second kappa shape index (κ2) is 6.63. The van der Waals surface area contributed by atoms with Gasteiger partial charge < -0.3 is 15.0 Å². The molecule has 0 saturated carbocycles. The Morgan fingerprint density at radius 1 is 1.58 bits per heavy atom. The first-order valence-electron chi connectivity index (χ1n) is 6.51. The van der Waals surface area contributed by atoms with E-state index in [1.54, 1.807) is 17.0 Å².